The molecule has 1 aliphatic heterocycles. The summed E-state index contributed by atoms with van der Waals surface area (Å²) in [7, 11) is 0. The van der Waals surface area contributed by atoms with Crippen molar-refractivity contribution in [3.8, 4) is 0 Å². The van der Waals surface area contributed by atoms with Gasteiger partial charge in [-0.1, -0.05) is 57.2 Å². The molecule has 6 heteroatoms. The Morgan fingerprint density at radius 2 is 1.74 bits per heavy atom. The van der Waals surface area contributed by atoms with Gasteiger partial charge in [0.1, 0.15) is 6.04 Å². The van der Waals surface area contributed by atoms with Crippen molar-refractivity contribution < 1.29 is 18.0 Å². The summed E-state index contributed by atoms with van der Waals surface area (Å²) in [6.45, 7) is 8.89. The largest absolute Gasteiger partial charge is 0.406 e. The number of hydrogen-bond donors (Lipinski definition) is 1. The normalized spacial score (nSPS) is 26.6. The number of nitrogens with zero attached hydrogens (tertiary/aromatic N) is 1. The fourth-order valence-electron chi connectivity index (χ4n) is 4.47. The third-order valence-corrected chi connectivity index (χ3v) is 6.04. The number of carbonyl (C=O) groups is 1. The van der Waals surface area contributed by atoms with E-state index in [-0.39, 0.29) is 18.7 Å². The smallest absolute Gasteiger partial charge is 0.288 e. The van der Waals surface area contributed by atoms with E-state index >= 15 is 0 Å². The van der Waals surface area contributed by atoms with Crippen LogP contribution in [0.1, 0.15) is 52.2 Å². The van der Waals surface area contributed by atoms with E-state index in [1.165, 1.54) is 0 Å². The minimum atomic E-state index is -4.52. The first kappa shape index (κ1) is 19.9. The number of nitrogens with one attached hydrogen (secondary N) is 1. The summed E-state index contributed by atoms with van der Waals surface area (Å²) in [6.07, 6.45) is -0.698. The first-order valence-electron chi connectivity index (χ1n) is 9.21. The summed E-state index contributed by atoms with van der Waals surface area (Å²) < 4.78 is 43.7. The van der Waals surface area contributed by atoms with Crippen LogP contribution in [-0.2, 0) is 11.2 Å². The standard InChI is InChI=1S/C21H27F3N2O/c1-18(2,3)20(11-10-14-8-6-7-9-15(14)12-20)17(21(22,23)24)26-19(4,5)13-16(27)25-26/h6-11,17H,12-13H2,1-5H3,(H,25,27)/t17-,20?/m0/s1. The van der Waals surface area contributed by atoms with Gasteiger partial charge in [0.05, 0.1) is 0 Å². The molecule has 1 amide bonds. The Labute approximate surface area is 158 Å². The molecule has 0 bridgehead atoms. The second kappa shape index (κ2) is 6.09. The van der Waals surface area contributed by atoms with Crippen LogP contribution in [0.4, 0.5) is 13.2 Å². The fourth-order valence-corrected chi connectivity index (χ4v) is 4.47. The molecule has 1 heterocycles. The Hall–Kier alpha value is -1.82. The van der Waals surface area contributed by atoms with Gasteiger partial charge < -0.3 is 0 Å². The van der Waals surface area contributed by atoms with Gasteiger partial charge in [-0.3, -0.25) is 10.2 Å². The van der Waals surface area contributed by atoms with Crippen LogP contribution >= 0.6 is 0 Å². The molecular formula is C21H27F3N2O. The number of halogens is 3. The third kappa shape index (κ3) is 3.28. The number of rotatable bonds is 2. The van der Waals surface area contributed by atoms with E-state index in [0.29, 0.717) is 0 Å². The zero-order valence-electron chi connectivity index (χ0n) is 16.4. The molecule has 1 unspecified atom stereocenters. The first-order valence-corrected chi connectivity index (χ1v) is 9.21. The van der Waals surface area contributed by atoms with Crippen molar-refractivity contribution in [1.82, 2.24) is 10.4 Å². The first-order chi connectivity index (χ1) is 12.3. The molecule has 1 N–H and O–H groups in total. The maximum Gasteiger partial charge on any atom is 0.406 e. The summed E-state index contributed by atoms with van der Waals surface area (Å²) in [5.41, 5.74) is 1.50. The van der Waals surface area contributed by atoms with Crippen LogP contribution in [0.15, 0.2) is 30.3 Å². The average Bonchev–Trinajstić information content (AvgIpc) is 2.77. The van der Waals surface area contributed by atoms with Crippen LogP contribution < -0.4 is 5.43 Å². The van der Waals surface area contributed by atoms with Gasteiger partial charge in [0.25, 0.3) is 0 Å². The van der Waals surface area contributed by atoms with Crippen LogP contribution in [0, 0.1) is 10.8 Å². The molecule has 0 aromatic heterocycles. The fraction of sp³-hybridized carbons (Fsp3) is 0.571. The number of hydrogen-bond acceptors (Lipinski definition) is 2. The topological polar surface area (TPSA) is 32.3 Å². The van der Waals surface area contributed by atoms with Crippen LogP contribution in [0.5, 0.6) is 0 Å². The molecule has 27 heavy (non-hydrogen) atoms. The minimum Gasteiger partial charge on any atom is -0.288 e. The van der Waals surface area contributed by atoms with E-state index in [1.807, 2.05) is 45.0 Å². The van der Waals surface area contributed by atoms with Crippen molar-refractivity contribution in [3.05, 3.63) is 41.5 Å². The van der Waals surface area contributed by atoms with Crippen molar-refractivity contribution in [2.75, 3.05) is 0 Å². The summed E-state index contributed by atoms with van der Waals surface area (Å²) >= 11 is 0. The molecule has 148 valence electrons. The zero-order valence-corrected chi connectivity index (χ0v) is 16.4. The van der Waals surface area contributed by atoms with Crippen molar-refractivity contribution in [2.45, 2.75) is 65.2 Å². The molecule has 1 aromatic rings. The van der Waals surface area contributed by atoms with E-state index in [2.05, 4.69) is 5.43 Å². The summed E-state index contributed by atoms with van der Waals surface area (Å²) in [4.78, 5) is 12.0. The Bertz CT molecular complexity index is 776. The van der Waals surface area contributed by atoms with E-state index in [1.54, 1.807) is 26.0 Å². The monoisotopic (exact) mass is 380 g/mol. The summed E-state index contributed by atoms with van der Waals surface area (Å²) in [5.74, 6) is -0.376. The minimum absolute atomic E-state index is 0.0418. The summed E-state index contributed by atoms with van der Waals surface area (Å²) in [5, 5.41) is 1.15. The van der Waals surface area contributed by atoms with Crippen LogP contribution in [0.25, 0.3) is 6.08 Å². The Morgan fingerprint density at radius 3 is 2.26 bits per heavy atom. The van der Waals surface area contributed by atoms with Crippen LogP contribution in [0.2, 0.25) is 0 Å². The third-order valence-electron chi connectivity index (χ3n) is 6.04. The number of benzene rings is 1. The van der Waals surface area contributed by atoms with E-state index < -0.39 is 28.6 Å². The number of alkyl halides is 3. The van der Waals surface area contributed by atoms with Gasteiger partial charge in [-0.05, 0) is 36.8 Å². The highest BCUT2D eigenvalue weighted by Crippen LogP contribution is 2.55. The molecule has 2 atom stereocenters. The molecule has 1 aliphatic carbocycles. The molecule has 3 rings (SSSR count). The van der Waals surface area contributed by atoms with Gasteiger partial charge in [0.2, 0.25) is 5.91 Å². The molecule has 2 aliphatic rings. The number of amides is 1. The van der Waals surface area contributed by atoms with Crippen molar-refractivity contribution in [1.29, 1.82) is 0 Å². The lowest BCUT2D eigenvalue weighted by Crippen LogP contribution is -2.66. The number of hydrazine groups is 1. The zero-order chi connectivity index (χ0) is 20.3. The predicted molar refractivity (Wildman–Crippen MR) is 99.6 cm³/mol. The molecular weight excluding hydrogens is 353 g/mol. The lowest BCUT2D eigenvalue weighted by molar-refractivity contribution is -0.240. The number of fused-ring (bicyclic) bond motifs is 1. The predicted octanol–water partition coefficient (Wildman–Crippen LogP) is 4.73. The summed E-state index contributed by atoms with van der Waals surface area (Å²) in [6, 6.07) is 5.72. The van der Waals surface area contributed by atoms with Crippen LogP contribution in [0.3, 0.4) is 0 Å². The molecule has 0 spiro atoms. The van der Waals surface area contributed by atoms with Gasteiger partial charge in [-0.15, -0.1) is 0 Å². The maximum absolute atomic E-state index is 14.6. The lowest BCUT2D eigenvalue weighted by Gasteiger charge is -2.54. The van der Waals surface area contributed by atoms with E-state index in [4.69, 9.17) is 0 Å². The lowest BCUT2D eigenvalue weighted by atomic mass is 9.57. The Kier molecular flexibility index (Phi) is 4.50. The molecule has 3 nitrogen and oxygen atoms in total. The molecule has 0 radical (unpaired) electrons. The molecule has 1 fully saturated rings. The quantitative estimate of drug-likeness (QED) is 0.804. The van der Waals surface area contributed by atoms with Gasteiger partial charge in [0, 0.05) is 17.4 Å². The second-order valence-corrected chi connectivity index (χ2v) is 9.34. The average molecular weight is 380 g/mol. The number of carbonyl (C=O) groups excluding carboxylic acids is 1. The molecule has 1 aromatic carbocycles. The Balaban J connectivity index is 2.20. The molecule has 1 saturated heterocycles. The van der Waals surface area contributed by atoms with Crippen LogP contribution in [-0.4, -0.2) is 28.7 Å². The maximum atomic E-state index is 14.6. The van der Waals surface area contributed by atoms with E-state index in [9.17, 15) is 18.0 Å². The van der Waals surface area contributed by atoms with Crippen molar-refractivity contribution in [2.24, 2.45) is 10.8 Å². The van der Waals surface area contributed by atoms with Gasteiger partial charge >= 0.3 is 6.18 Å². The van der Waals surface area contributed by atoms with Gasteiger partial charge in [0.15, 0.2) is 0 Å². The molecule has 0 saturated carbocycles. The van der Waals surface area contributed by atoms with Gasteiger partial charge in [-0.25, -0.2) is 5.01 Å². The second-order valence-electron chi connectivity index (χ2n) is 9.34. The Morgan fingerprint density at radius 1 is 1.11 bits per heavy atom. The van der Waals surface area contributed by atoms with Crippen molar-refractivity contribution in [3.63, 3.8) is 0 Å². The SMILES string of the molecule is CC1(C)CC(=O)NN1[C@H](C(F)(F)F)C1(C(C)(C)C)C=Cc2ccccc2C1. The highest BCUT2D eigenvalue weighted by Gasteiger charge is 2.64. The highest BCUT2D eigenvalue weighted by atomic mass is 19.4. The van der Waals surface area contributed by atoms with E-state index in [0.717, 1.165) is 16.1 Å². The highest BCUT2D eigenvalue weighted by molar-refractivity contribution is 5.79. The van der Waals surface area contributed by atoms with Gasteiger partial charge in [-0.2, -0.15) is 13.2 Å². The van der Waals surface area contributed by atoms with Crippen molar-refractivity contribution >= 4 is 12.0 Å².